The number of methoxy groups -OCH3 is 1. The standard InChI is InChI=1S/C23H27N5O3S/c1-16-5-4-6-18(13-16)28-22(27-9-11-31-12-10-27)25-26-23(28)32-15-21(29)24-19-14-17(2)7-8-20(19)30-3/h4-8,13-14H,9-12,15H2,1-3H3,(H,24,29). The summed E-state index contributed by atoms with van der Waals surface area (Å²) in [5.41, 5.74) is 3.82. The molecule has 1 saturated heterocycles. The third kappa shape index (κ3) is 5.05. The first-order chi connectivity index (χ1) is 15.5. The van der Waals surface area contributed by atoms with E-state index in [-0.39, 0.29) is 11.7 Å². The molecule has 0 atom stereocenters. The van der Waals surface area contributed by atoms with Crippen molar-refractivity contribution in [1.29, 1.82) is 0 Å². The van der Waals surface area contributed by atoms with Gasteiger partial charge in [0.2, 0.25) is 11.9 Å². The van der Waals surface area contributed by atoms with Crippen LogP contribution in [0.3, 0.4) is 0 Å². The first kappa shape index (κ1) is 22.2. The van der Waals surface area contributed by atoms with Crippen molar-refractivity contribution in [3.05, 3.63) is 53.6 Å². The predicted molar refractivity (Wildman–Crippen MR) is 126 cm³/mol. The summed E-state index contributed by atoms with van der Waals surface area (Å²) in [7, 11) is 1.59. The zero-order chi connectivity index (χ0) is 22.5. The first-order valence-electron chi connectivity index (χ1n) is 10.5. The fourth-order valence-electron chi connectivity index (χ4n) is 3.55. The Morgan fingerprint density at radius 3 is 2.66 bits per heavy atom. The number of anilines is 2. The Morgan fingerprint density at radius 1 is 1.12 bits per heavy atom. The van der Waals surface area contributed by atoms with E-state index in [0.29, 0.717) is 29.8 Å². The molecule has 0 bridgehead atoms. The highest BCUT2D eigenvalue weighted by Crippen LogP contribution is 2.29. The van der Waals surface area contributed by atoms with Crippen molar-refractivity contribution in [2.75, 3.05) is 49.4 Å². The van der Waals surface area contributed by atoms with Crippen molar-refractivity contribution in [2.45, 2.75) is 19.0 Å². The van der Waals surface area contributed by atoms with Crippen LogP contribution < -0.4 is 15.0 Å². The molecule has 1 amide bonds. The van der Waals surface area contributed by atoms with Gasteiger partial charge in [-0.3, -0.25) is 9.36 Å². The number of carbonyl (C=O) groups is 1. The fraction of sp³-hybridized carbons (Fsp3) is 0.348. The summed E-state index contributed by atoms with van der Waals surface area (Å²) < 4.78 is 12.9. The van der Waals surface area contributed by atoms with Crippen LogP contribution in [-0.4, -0.2) is 59.8 Å². The second-order valence-corrected chi connectivity index (χ2v) is 8.54. The lowest BCUT2D eigenvalue weighted by Gasteiger charge is -2.28. The van der Waals surface area contributed by atoms with E-state index in [1.807, 2.05) is 41.8 Å². The highest BCUT2D eigenvalue weighted by Gasteiger charge is 2.22. The van der Waals surface area contributed by atoms with Crippen LogP contribution in [0.2, 0.25) is 0 Å². The van der Waals surface area contributed by atoms with Crippen molar-refractivity contribution in [3.63, 3.8) is 0 Å². The average Bonchev–Trinajstić information content (AvgIpc) is 3.22. The molecule has 0 spiro atoms. The zero-order valence-electron chi connectivity index (χ0n) is 18.5. The fourth-order valence-corrected chi connectivity index (χ4v) is 4.30. The summed E-state index contributed by atoms with van der Waals surface area (Å²) in [4.78, 5) is 14.9. The number of amides is 1. The third-order valence-electron chi connectivity index (χ3n) is 5.13. The smallest absolute Gasteiger partial charge is 0.234 e. The van der Waals surface area contributed by atoms with Crippen LogP contribution in [0.15, 0.2) is 47.6 Å². The van der Waals surface area contributed by atoms with Crippen LogP contribution in [0.5, 0.6) is 5.75 Å². The molecule has 4 rings (SSSR count). The van der Waals surface area contributed by atoms with Gasteiger partial charge in [0.05, 0.1) is 37.5 Å². The van der Waals surface area contributed by atoms with Gasteiger partial charge in [-0.25, -0.2) is 0 Å². The summed E-state index contributed by atoms with van der Waals surface area (Å²) in [5, 5.41) is 12.5. The number of hydrogen-bond acceptors (Lipinski definition) is 7. The predicted octanol–water partition coefficient (Wildman–Crippen LogP) is 3.46. The average molecular weight is 454 g/mol. The van der Waals surface area contributed by atoms with Crippen LogP contribution >= 0.6 is 11.8 Å². The topological polar surface area (TPSA) is 81.5 Å². The van der Waals surface area contributed by atoms with Gasteiger partial charge in [0.15, 0.2) is 5.16 Å². The van der Waals surface area contributed by atoms with E-state index in [1.165, 1.54) is 11.8 Å². The Hall–Kier alpha value is -3.04. The van der Waals surface area contributed by atoms with E-state index < -0.39 is 0 Å². The van der Waals surface area contributed by atoms with Gasteiger partial charge in [-0.15, -0.1) is 10.2 Å². The molecule has 0 unspecified atom stereocenters. The number of aryl methyl sites for hydroxylation is 2. The first-order valence-corrected chi connectivity index (χ1v) is 11.5. The number of hydrogen-bond donors (Lipinski definition) is 1. The SMILES string of the molecule is COc1ccc(C)cc1NC(=O)CSc1nnc(N2CCOCC2)n1-c1cccc(C)c1. The number of carbonyl (C=O) groups excluding carboxylic acids is 1. The van der Waals surface area contributed by atoms with Crippen LogP contribution in [0, 0.1) is 13.8 Å². The number of rotatable bonds is 7. The molecule has 32 heavy (non-hydrogen) atoms. The molecule has 8 nitrogen and oxygen atoms in total. The molecule has 1 aliphatic heterocycles. The molecular weight excluding hydrogens is 426 g/mol. The van der Waals surface area contributed by atoms with E-state index in [1.54, 1.807) is 7.11 Å². The molecule has 9 heteroatoms. The third-order valence-corrected chi connectivity index (χ3v) is 6.06. The maximum absolute atomic E-state index is 12.7. The minimum absolute atomic E-state index is 0.134. The zero-order valence-corrected chi connectivity index (χ0v) is 19.3. The molecule has 1 fully saturated rings. The van der Waals surface area contributed by atoms with Crippen molar-refractivity contribution < 1.29 is 14.3 Å². The van der Waals surface area contributed by atoms with Crippen molar-refractivity contribution in [3.8, 4) is 11.4 Å². The molecule has 168 valence electrons. The van der Waals surface area contributed by atoms with Crippen molar-refractivity contribution in [2.24, 2.45) is 0 Å². The highest BCUT2D eigenvalue weighted by atomic mass is 32.2. The number of nitrogens with one attached hydrogen (secondary N) is 1. The van der Waals surface area contributed by atoms with Crippen LogP contribution in [0.4, 0.5) is 11.6 Å². The van der Waals surface area contributed by atoms with Gasteiger partial charge in [0.25, 0.3) is 0 Å². The van der Waals surface area contributed by atoms with Gasteiger partial charge in [-0.05, 0) is 49.2 Å². The lowest BCUT2D eigenvalue weighted by atomic mass is 10.2. The van der Waals surface area contributed by atoms with Gasteiger partial charge < -0.3 is 19.7 Å². The lowest BCUT2D eigenvalue weighted by Crippen LogP contribution is -2.37. The number of ether oxygens (including phenoxy) is 2. The largest absolute Gasteiger partial charge is 0.495 e. The number of benzene rings is 2. The second-order valence-electron chi connectivity index (χ2n) is 7.60. The molecule has 2 heterocycles. The molecule has 0 aliphatic carbocycles. The van der Waals surface area contributed by atoms with Gasteiger partial charge in [0, 0.05) is 13.1 Å². The quantitative estimate of drug-likeness (QED) is 0.549. The lowest BCUT2D eigenvalue weighted by molar-refractivity contribution is -0.113. The minimum atomic E-state index is -0.134. The molecule has 2 aromatic carbocycles. The second kappa shape index (κ2) is 10.1. The van der Waals surface area contributed by atoms with Gasteiger partial charge >= 0.3 is 0 Å². The monoisotopic (exact) mass is 453 g/mol. The van der Waals surface area contributed by atoms with E-state index in [0.717, 1.165) is 35.9 Å². The number of morpholine rings is 1. The Balaban J connectivity index is 1.55. The Kier molecular flexibility index (Phi) is 6.96. The van der Waals surface area contributed by atoms with E-state index >= 15 is 0 Å². The molecule has 1 aliphatic rings. The summed E-state index contributed by atoms with van der Waals surface area (Å²) in [6, 6.07) is 13.9. The summed E-state index contributed by atoms with van der Waals surface area (Å²) >= 11 is 1.36. The van der Waals surface area contributed by atoms with Gasteiger partial charge in [-0.2, -0.15) is 0 Å². The Labute approximate surface area is 191 Å². The van der Waals surface area contributed by atoms with Crippen LogP contribution in [0.25, 0.3) is 5.69 Å². The minimum Gasteiger partial charge on any atom is -0.495 e. The molecule has 1 N–H and O–H groups in total. The number of thioether (sulfide) groups is 1. The van der Waals surface area contributed by atoms with Gasteiger partial charge in [0.1, 0.15) is 5.75 Å². The summed E-state index contributed by atoms with van der Waals surface area (Å²) in [6.07, 6.45) is 0. The highest BCUT2D eigenvalue weighted by molar-refractivity contribution is 7.99. The maximum atomic E-state index is 12.7. The van der Waals surface area contributed by atoms with Crippen LogP contribution in [-0.2, 0) is 9.53 Å². The number of aromatic nitrogens is 3. The van der Waals surface area contributed by atoms with E-state index in [2.05, 4.69) is 39.5 Å². The van der Waals surface area contributed by atoms with Crippen molar-refractivity contribution in [1.82, 2.24) is 14.8 Å². The normalized spacial score (nSPS) is 13.8. The molecule has 1 aromatic heterocycles. The van der Waals surface area contributed by atoms with E-state index in [9.17, 15) is 4.79 Å². The van der Waals surface area contributed by atoms with Crippen molar-refractivity contribution >= 4 is 29.3 Å². The molecule has 0 radical (unpaired) electrons. The molecule has 0 saturated carbocycles. The maximum Gasteiger partial charge on any atom is 0.234 e. The summed E-state index contributed by atoms with van der Waals surface area (Å²) in [5.74, 6) is 1.46. The Bertz CT molecular complexity index is 1090. The summed E-state index contributed by atoms with van der Waals surface area (Å²) in [6.45, 7) is 6.84. The van der Waals surface area contributed by atoms with Crippen LogP contribution in [0.1, 0.15) is 11.1 Å². The number of nitrogens with zero attached hydrogens (tertiary/aromatic N) is 4. The van der Waals surface area contributed by atoms with Gasteiger partial charge in [-0.1, -0.05) is 30.0 Å². The molecule has 3 aromatic rings. The Morgan fingerprint density at radius 2 is 1.91 bits per heavy atom. The van der Waals surface area contributed by atoms with E-state index in [4.69, 9.17) is 9.47 Å². The molecular formula is C23H27N5O3S.